The van der Waals surface area contributed by atoms with Crippen molar-refractivity contribution in [2.75, 3.05) is 14.1 Å². The number of hydrogen-bond acceptors (Lipinski definition) is 4. The quantitative estimate of drug-likeness (QED) is 0.611. The lowest BCUT2D eigenvalue weighted by Crippen LogP contribution is -2.37. The number of carbonyl (C=O) groups excluding carboxylic acids is 1. The molecule has 1 atom stereocenters. The van der Waals surface area contributed by atoms with E-state index in [9.17, 15) is 9.18 Å². The lowest BCUT2D eigenvalue weighted by Gasteiger charge is -2.19. The first kappa shape index (κ1) is 20.9. The van der Waals surface area contributed by atoms with Crippen LogP contribution >= 0.6 is 11.8 Å². The molecule has 1 N–H and O–H groups in total. The van der Waals surface area contributed by atoms with Gasteiger partial charge in [0.2, 0.25) is 0 Å². The monoisotopic (exact) mass is 413 g/mol. The fourth-order valence-corrected chi connectivity index (χ4v) is 3.61. The molecule has 1 unspecified atom stereocenters. The second kappa shape index (κ2) is 9.09. The fourth-order valence-electron chi connectivity index (χ4n) is 2.70. The molecule has 0 aliphatic carbocycles. The predicted octanol–water partition coefficient (Wildman–Crippen LogP) is 4.34. The molecule has 2 aromatic carbocycles. The molecule has 8 heteroatoms. The third kappa shape index (κ3) is 5.14. The maximum absolute atomic E-state index is 13.1. The Labute approximate surface area is 174 Å². The van der Waals surface area contributed by atoms with Crippen LogP contribution in [0.3, 0.4) is 0 Å². The van der Waals surface area contributed by atoms with E-state index in [0.29, 0.717) is 16.7 Å². The molecule has 1 heterocycles. The number of nitrogens with zero attached hydrogens (tertiary/aromatic N) is 4. The average Bonchev–Trinajstić information content (AvgIpc) is 3.12. The molecule has 0 spiro atoms. The van der Waals surface area contributed by atoms with Gasteiger partial charge < -0.3 is 10.2 Å². The van der Waals surface area contributed by atoms with Crippen molar-refractivity contribution in [2.24, 2.45) is 0 Å². The van der Waals surface area contributed by atoms with Crippen LogP contribution in [0, 0.1) is 12.7 Å². The summed E-state index contributed by atoms with van der Waals surface area (Å²) < 4.78 is 15.1. The maximum Gasteiger partial charge on any atom is 0.317 e. The Morgan fingerprint density at radius 1 is 1.14 bits per heavy atom. The van der Waals surface area contributed by atoms with Gasteiger partial charge in [-0.1, -0.05) is 41.6 Å². The molecule has 0 saturated carbocycles. The first-order valence-corrected chi connectivity index (χ1v) is 10.2. The van der Waals surface area contributed by atoms with Gasteiger partial charge in [0.25, 0.3) is 0 Å². The van der Waals surface area contributed by atoms with E-state index in [2.05, 4.69) is 15.5 Å². The number of halogens is 1. The van der Waals surface area contributed by atoms with Crippen molar-refractivity contribution in [2.45, 2.75) is 30.8 Å². The standard InChI is InChI=1S/C21H24FN5OS/c1-14-5-11-18(12-6-14)27-19(15(2)23-20(28)26(3)4)24-25-21(27)29-13-16-7-9-17(22)10-8-16/h5-12,15H,13H2,1-4H3,(H,23,28). The van der Waals surface area contributed by atoms with Crippen molar-refractivity contribution in [3.63, 3.8) is 0 Å². The average molecular weight is 414 g/mol. The van der Waals surface area contributed by atoms with E-state index in [4.69, 9.17) is 0 Å². The van der Waals surface area contributed by atoms with Crippen LogP contribution in [0.5, 0.6) is 0 Å². The van der Waals surface area contributed by atoms with Gasteiger partial charge in [-0.3, -0.25) is 4.57 Å². The van der Waals surface area contributed by atoms with Crippen LogP contribution < -0.4 is 5.32 Å². The maximum atomic E-state index is 13.1. The number of amides is 2. The highest BCUT2D eigenvalue weighted by Gasteiger charge is 2.21. The predicted molar refractivity (Wildman–Crippen MR) is 113 cm³/mol. The van der Waals surface area contributed by atoms with Crippen molar-refractivity contribution in [3.05, 3.63) is 71.3 Å². The summed E-state index contributed by atoms with van der Waals surface area (Å²) in [7, 11) is 3.38. The molecule has 0 radical (unpaired) electrons. The van der Waals surface area contributed by atoms with Gasteiger partial charge in [-0.2, -0.15) is 0 Å². The van der Waals surface area contributed by atoms with E-state index in [-0.39, 0.29) is 17.9 Å². The summed E-state index contributed by atoms with van der Waals surface area (Å²) in [5, 5.41) is 12.3. The van der Waals surface area contributed by atoms with Gasteiger partial charge in [0.05, 0.1) is 6.04 Å². The zero-order valence-corrected chi connectivity index (χ0v) is 17.7. The summed E-state index contributed by atoms with van der Waals surface area (Å²) in [5.74, 6) is 1.02. The second-order valence-corrected chi connectivity index (χ2v) is 7.93. The lowest BCUT2D eigenvalue weighted by molar-refractivity contribution is 0.213. The SMILES string of the molecule is Cc1ccc(-n2c(SCc3ccc(F)cc3)nnc2C(C)NC(=O)N(C)C)cc1. The number of nitrogens with one attached hydrogen (secondary N) is 1. The first-order valence-electron chi connectivity index (χ1n) is 9.22. The molecule has 3 aromatic rings. The summed E-state index contributed by atoms with van der Waals surface area (Å²) >= 11 is 1.51. The highest BCUT2D eigenvalue weighted by atomic mass is 32.2. The van der Waals surface area contributed by atoms with Crippen LogP contribution in [0.4, 0.5) is 9.18 Å². The molecule has 2 amide bonds. The highest BCUT2D eigenvalue weighted by Crippen LogP contribution is 2.28. The molecular weight excluding hydrogens is 389 g/mol. The van der Waals surface area contributed by atoms with Crippen molar-refractivity contribution < 1.29 is 9.18 Å². The van der Waals surface area contributed by atoms with E-state index in [1.54, 1.807) is 26.2 Å². The van der Waals surface area contributed by atoms with Crippen LogP contribution in [0.2, 0.25) is 0 Å². The van der Waals surface area contributed by atoms with Gasteiger partial charge in [-0.25, -0.2) is 9.18 Å². The Morgan fingerprint density at radius 2 is 1.79 bits per heavy atom. The third-order valence-corrected chi connectivity index (χ3v) is 5.37. The zero-order chi connectivity index (χ0) is 21.0. The molecular formula is C21H24FN5OS. The van der Waals surface area contributed by atoms with Gasteiger partial charge in [-0.15, -0.1) is 10.2 Å². The fraction of sp³-hybridized carbons (Fsp3) is 0.286. The molecule has 6 nitrogen and oxygen atoms in total. The van der Waals surface area contributed by atoms with Crippen molar-refractivity contribution in [1.82, 2.24) is 25.0 Å². The van der Waals surface area contributed by atoms with E-state index in [1.807, 2.05) is 42.7 Å². The Kier molecular flexibility index (Phi) is 6.53. The number of aryl methyl sites for hydroxylation is 1. The number of hydrogen-bond donors (Lipinski definition) is 1. The Bertz CT molecular complexity index is 970. The number of carbonyl (C=O) groups is 1. The van der Waals surface area contributed by atoms with Gasteiger partial charge in [0.1, 0.15) is 5.82 Å². The molecule has 0 bridgehead atoms. The Morgan fingerprint density at radius 3 is 2.41 bits per heavy atom. The minimum Gasteiger partial charge on any atom is -0.331 e. The van der Waals surface area contributed by atoms with Crippen molar-refractivity contribution >= 4 is 17.8 Å². The van der Waals surface area contributed by atoms with E-state index in [0.717, 1.165) is 16.8 Å². The molecule has 1 aromatic heterocycles. The third-order valence-electron chi connectivity index (χ3n) is 4.37. The number of benzene rings is 2. The molecule has 0 fully saturated rings. The van der Waals surface area contributed by atoms with Crippen LogP contribution in [0.25, 0.3) is 5.69 Å². The topological polar surface area (TPSA) is 63.1 Å². The van der Waals surface area contributed by atoms with E-state index < -0.39 is 0 Å². The van der Waals surface area contributed by atoms with Crippen LogP contribution in [-0.2, 0) is 5.75 Å². The zero-order valence-electron chi connectivity index (χ0n) is 16.9. The minimum atomic E-state index is -0.334. The Balaban J connectivity index is 1.91. The number of urea groups is 1. The lowest BCUT2D eigenvalue weighted by atomic mass is 10.2. The summed E-state index contributed by atoms with van der Waals surface area (Å²) in [6.07, 6.45) is 0. The van der Waals surface area contributed by atoms with Crippen LogP contribution in [0.1, 0.15) is 29.9 Å². The van der Waals surface area contributed by atoms with Crippen molar-refractivity contribution in [3.8, 4) is 5.69 Å². The second-order valence-electron chi connectivity index (χ2n) is 6.99. The summed E-state index contributed by atoms with van der Waals surface area (Å²) in [6.45, 7) is 3.91. The van der Waals surface area contributed by atoms with E-state index in [1.165, 1.54) is 28.8 Å². The molecule has 0 saturated heterocycles. The van der Waals surface area contributed by atoms with Gasteiger partial charge in [0, 0.05) is 25.5 Å². The molecule has 3 rings (SSSR count). The summed E-state index contributed by atoms with van der Waals surface area (Å²) in [4.78, 5) is 13.6. The van der Waals surface area contributed by atoms with Gasteiger partial charge in [0.15, 0.2) is 11.0 Å². The van der Waals surface area contributed by atoms with Crippen LogP contribution in [0.15, 0.2) is 53.7 Å². The van der Waals surface area contributed by atoms with Crippen molar-refractivity contribution in [1.29, 1.82) is 0 Å². The Hall–Kier alpha value is -2.87. The smallest absolute Gasteiger partial charge is 0.317 e. The summed E-state index contributed by atoms with van der Waals surface area (Å²) in [5.41, 5.74) is 3.06. The molecule has 0 aliphatic heterocycles. The normalized spacial score (nSPS) is 11.9. The molecule has 29 heavy (non-hydrogen) atoms. The largest absolute Gasteiger partial charge is 0.331 e. The molecule has 0 aliphatic rings. The highest BCUT2D eigenvalue weighted by molar-refractivity contribution is 7.98. The molecule has 152 valence electrons. The number of aromatic nitrogens is 3. The summed E-state index contributed by atoms with van der Waals surface area (Å²) in [6, 6.07) is 13.9. The van der Waals surface area contributed by atoms with Gasteiger partial charge >= 0.3 is 6.03 Å². The first-order chi connectivity index (χ1) is 13.8. The number of thioether (sulfide) groups is 1. The van der Waals surface area contributed by atoms with Crippen LogP contribution in [-0.4, -0.2) is 39.8 Å². The number of rotatable bonds is 6. The minimum absolute atomic E-state index is 0.198. The van der Waals surface area contributed by atoms with Gasteiger partial charge in [-0.05, 0) is 43.7 Å². The van der Waals surface area contributed by atoms with E-state index >= 15 is 0 Å².